The van der Waals surface area contributed by atoms with Crippen LogP contribution in [0.1, 0.15) is 47.4 Å². The molecule has 12 nitrogen and oxygen atoms in total. The molecular weight excluding hydrogens is 484 g/mol. The zero-order valence-corrected chi connectivity index (χ0v) is 20.8. The Morgan fingerprint density at radius 1 is 1.05 bits per heavy atom. The number of nitrogens with one attached hydrogen (secondary N) is 1. The van der Waals surface area contributed by atoms with Crippen molar-refractivity contribution in [3.8, 4) is 0 Å². The van der Waals surface area contributed by atoms with Gasteiger partial charge in [0.2, 0.25) is 11.8 Å². The van der Waals surface area contributed by atoms with Crippen molar-refractivity contribution in [1.82, 2.24) is 20.0 Å². The van der Waals surface area contributed by atoms with E-state index in [-0.39, 0.29) is 42.3 Å². The van der Waals surface area contributed by atoms with E-state index in [0.717, 1.165) is 9.80 Å². The van der Waals surface area contributed by atoms with Gasteiger partial charge in [-0.15, -0.1) is 0 Å². The van der Waals surface area contributed by atoms with Crippen molar-refractivity contribution in [2.45, 2.75) is 38.8 Å². The molecule has 0 radical (unpaired) electrons. The average Bonchev–Trinajstić information content (AvgIpc) is 3.13. The van der Waals surface area contributed by atoms with E-state index in [0.29, 0.717) is 26.3 Å². The second kappa shape index (κ2) is 11.2. The van der Waals surface area contributed by atoms with Gasteiger partial charge >= 0.3 is 5.97 Å². The minimum Gasteiger partial charge on any atom is -0.442 e. The SMILES string of the molecule is CC(C)C(NC(=O)CN1CCOCC1)C(=O)OCN1C(=O)CCC(N2C(=O)c3ccccc3C2=O)C1=O. The molecule has 1 aromatic rings. The molecule has 2 atom stereocenters. The van der Waals surface area contributed by atoms with Gasteiger partial charge in [0.15, 0.2) is 6.73 Å². The second-order valence-electron chi connectivity index (χ2n) is 9.51. The monoisotopic (exact) mass is 514 g/mol. The Morgan fingerprint density at radius 2 is 1.68 bits per heavy atom. The Labute approximate surface area is 213 Å². The number of morpholine rings is 1. The van der Waals surface area contributed by atoms with Crippen molar-refractivity contribution < 1.29 is 38.2 Å². The highest BCUT2D eigenvalue weighted by Crippen LogP contribution is 2.29. The smallest absolute Gasteiger partial charge is 0.330 e. The van der Waals surface area contributed by atoms with Crippen LogP contribution in [0.5, 0.6) is 0 Å². The van der Waals surface area contributed by atoms with Crippen LogP contribution in [0.4, 0.5) is 0 Å². The number of rotatable bonds is 8. The van der Waals surface area contributed by atoms with Gasteiger partial charge < -0.3 is 14.8 Å². The fourth-order valence-electron chi connectivity index (χ4n) is 4.58. The first-order chi connectivity index (χ1) is 17.7. The minimum absolute atomic E-state index is 0.0141. The molecule has 12 heteroatoms. The quantitative estimate of drug-likeness (QED) is 0.368. The molecule has 4 rings (SSSR count). The molecule has 1 aromatic carbocycles. The topological polar surface area (TPSA) is 143 Å². The van der Waals surface area contributed by atoms with E-state index in [4.69, 9.17) is 9.47 Å². The molecule has 198 valence electrons. The van der Waals surface area contributed by atoms with Crippen LogP contribution in [-0.4, -0.2) is 102 Å². The van der Waals surface area contributed by atoms with E-state index in [1.165, 1.54) is 12.1 Å². The third-order valence-electron chi connectivity index (χ3n) is 6.66. The van der Waals surface area contributed by atoms with E-state index in [2.05, 4.69) is 5.32 Å². The van der Waals surface area contributed by atoms with E-state index in [1.54, 1.807) is 26.0 Å². The van der Waals surface area contributed by atoms with Crippen LogP contribution in [0, 0.1) is 5.92 Å². The van der Waals surface area contributed by atoms with Crippen molar-refractivity contribution >= 4 is 35.5 Å². The highest BCUT2D eigenvalue weighted by molar-refractivity contribution is 6.23. The van der Waals surface area contributed by atoms with Crippen LogP contribution < -0.4 is 5.32 Å². The predicted molar refractivity (Wildman–Crippen MR) is 127 cm³/mol. The summed E-state index contributed by atoms with van der Waals surface area (Å²) >= 11 is 0. The van der Waals surface area contributed by atoms with Gasteiger partial charge in [0, 0.05) is 19.5 Å². The maximum atomic E-state index is 13.2. The lowest BCUT2D eigenvalue weighted by atomic mass is 10.0. The Kier molecular flexibility index (Phi) is 7.98. The van der Waals surface area contributed by atoms with Gasteiger partial charge in [0.05, 0.1) is 30.9 Å². The predicted octanol–water partition coefficient (Wildman–Crippen LogP) is -0.226. The molecule has 5 amide bonds. The molecular formula is C25H30N4O8. The summed E-state index contributed by atoms with van der Waals surface area (Å²) in [5.41, 5.74) is 0.394. The van der Waals surface area contributed by atoms with Crippen molar-refractivity contribution in [1.29, 1.82) is 0 Å². The van der Waals surface area contributed by atoms with E-state index in [1.807, 2.05) is 4.90 Å². The Bertz CT molecular complexity index is 1080. The summed E-state index contributed by atoms with van der Waals surface area (Å²) in [5.74, 6) is -4.05. The summed E-state index contributed by atoms with van der Waals surface area (Å²) in [6, 6.07) is 4.08. The average molecular weight is 515 g/mol. The molecule has 0 aliphatic carbocycles. The number of hydrogen-bond donors (Lipinski definition) is 1. The van der Waals surface area contributed by atoms with Gasteiger partial charge in [-0.25, -0.2) is 9.69 Å². The summed E-state index contributed by atoms with van der Waals surface area (Å²) < 4.78 is 10.5. The molecule has 0 saturated carbocycles. The molecule has 2 saturated heterocycles. The molecule has 0 spiro atoms. The minimum atomic E-state index is -1.18. The van der Waals surface area contributed by atoms with E-state index < -0.39 is 48.4 Å². The number of piperidine rings is 1. The summed E-state index contributed by atoms with van der Waals surface area (Å²) in [6.07, 6.45) is -0.120. The maximum Gasteiger partial charge on any atom is 0.330 e. The number of carbonyl (C=O) groups excluding carboxylic acids is 6. The first kappa shape index (κ1) is 26.4. The van der Waals surface area contributed by atoms with Crippen LogP contribution >= 0.6 is 0 Å². The van der Waals surface area contributed by atoms with Crippen LogP contribution in [0.2, 0.25) is 0 Å². The molecule has 3 aliphatic heterocycles. The Morgan fingerprint density at radius 3 is 2.27 bits per heavy atom. The van der Waals surface area contributed by atoms with Gasteiger partial charge in [-0.3, -0.25) is 33.8 Å². The van der Waals surface area contributed by atoms with Crippen LogP contribution in [-0.2, 0) is 28.7 Å². The van der Waals surface area contributed by atoms with E-state index in [9.17, 15) is 28.8 Å². The third-order valence-corrected chi connectivity index (χ3v) is 6.66. The lowest BCUT2D eigenvalue weighted by Gasteiger charge is -2.34. The number of imide groups is 2. The fraction of sp³-hybridized carbons (Fsp3) is 0.520. The molecule has 2 unspecified atom stereocenters. The normalized spacial score (nSPS) is 21.3. The zero-order chi connectivity index (χ0) is 26.7. The largest absolute Gasteiger partial charge is 0.442 e. The number of carbonyl (C=O) groups is 6. The number of esters is 1. The molecule has 1 N–H and O–H groups in total. The first-order valence-corrected chi connectivity index (χ1v) is 12.3. The summed E-state index contributed by atoms with van der Waals surface area (Å²) in [5, 5.41) is 2.67. The molecule has 3 heterocycles. The number of nitrogens with zero attached hydrogens (tertiary/aromatic N) is 3. The standard InChI is InChI=1S/C25H30N4O8/c1-15(2)21(26-19(30)13-27-9-11-36-12-10-27)25(35)37-14-28-20(31)8-7-18(24(28)34)29-22(32)16-5-3-4-6-17(16)23(29)33/h3-6,15,18,21H,7-14H2,1-2H3,(H,26,30). The Hall–Kier alpha value is -3.64. The molecule has 37 heavy (non-hydrogen) atoms. The van der Waals surface area contributed by atoms with Crippen molar-refractivity contribution in [3.05, 3.63) is 35.4 Å². The summed E-state index contributed by atoms with van der Waals surface area (Å²) in [7, 11) is 0. The van der Waals surface area contributed by atoms with Crippen LogP contribution in [0.3, 0.4) is 0 Å². The zero-order valence-electron chi connectivity index (χ0n) is 20.8. The molecule has 0 aromatic heterocycles. The fourth-order valence-corrected chi connectivity index (χ4v) is 4.58. The molecule has 2 fully saturated rings. The lowest BCUT2D eigenvalue weighted by molar-refractivity contribution is -0.166. The number of ether oxygens (including phenoxy) is 2. The van der Waals surface area contributed by atoms with Crippen LogP contribution in [0.15, 0.2) is 24.3 Å². The number of fused-ring (bicyclic) bond motifs is 1. The van der Waals surface area contributed by atoms with Gasteiger partial charge in [0.25, 0.3) is 17.7 Å². The second-order valence-corrected chi connectivity index (χ2v) is 9.51. The van der Waals surface area contributed by atoms with Gasteiger partial charge in [-0.05, 0) is 24.5 Å². The maximum absolute atomic E-state index is 13.2. The molecule has 3 aliphatic rings. The van der Waals surface area contributed by atoms with Crippen LogP contribution in [0.25, 0.3) is 0 Å². The van der Waals surface area contributed by atoms with Gasteiger partial charge in [-0.2, -0.15) is 0 Å². The van der Waals surface area contributed by atoms with Gasteiger partial charge in [0.1, 0.15) is 12.1 Å². The van der Waals surface area contributed by atoms with Gasteiger partial charge in [-0.1, -0.05) is 26.0 Å². The molecule has 0 bridgehead atoms. The number of likely N-dealkylation sites (tertiary alicyclic amines) is 1. The first-order valence-electron chi connectivity index (χ1n) is 12.3. The highest BCUT2D eigenvalue weighted by Gasteiger charge is 2.47. The summed E-state index contributed by atoms with van der Waals surface area (Å²) in [4.78, 5) is 80.2. The van der Waals surface area contributed by atoms with E-state index >= 15 is 0 Å². The number of hydrogen-bond acceptors (Lipinski definition) is 9. The Balaban J connectivity index is 1.38. The number of benzene rings is 1. The van der Waals surface area contributed by atoms with Crippen molar-refractivity contribution in [2.75, 3.05) is 39.6 Å². The highest BCUT2D eigenvalue weighted by atomic mass is 16.5. The van der Waals surface area contributed by atoms with Crippen molar-refractivity contribution in [3.63, 3.8) is 0 Å². The lowest BCUT2D eigenvalue weighted by Crippen LogP contribution is -2.57. The number of amides is 5. The summed E-state index contributed by atoms with van der Waals surface area (Å²) in [6.45, 7) is 5.16. The van der Waals surface area contributed by atoms with Crippen molar-refractivity contribution in [2.24, 2.45) is 5.92 Å². The third kappa shape index (κ3) is 5.54.